The first kappa shape index (κ1) is 95.3. The third kappa shape index (κ3) is 23.7. The van der Waals surface area contributed by atoms with E-state index in [0.717, 1.165) is 144 Å². The summed E-state index contributed by atoms with van der Waals surface area (Å²) in [6.45, 7) is 18.5. The Morgan fingerprint density at radius 2 is 0.862 bits per heavy atom. The van der Waals surface area contributed by atoms with Crippen LogP contribution in [-0.4, -0.2) is 146 Å². The molecule has 0 N–H and O–H groups in total. The van der Waals surface area contributed by atoms with Crippen LogP contribution >= 0.6 is 46.4 Å². The number of hydrogen-bond acceptors (Lipinski definition) is 22. The van der Waals surface area contributed by atoms with Gasteiger partial charge in [-0.3, -0.25) is 9.80 Å². The Hall–Kier alpha value is -12.2. The number of fused-ring (bicyclic) bond motifs is 4. The van der Waals surface area contributed by atoms with Crippen LogP contribution in [0, 0.1) is 67.0 Å². The predicted molar refractivity (Wildman–Crippen MR) is 523 cm³/mol. The SMILES string of the molecule is Cc1c(N(C)c2cnnc3ccc(-c4ccc(CN(C)CCS(C)(=O)=O)o4)cc23)ccc(OCc2cccc(F)c2)c1Cl.Cc1cc(OCc2cccc(F)c2)c(Cl)cc1N(C)c1cnnc2ccc(-c3ccc(CN(C)CCS(C)(=O)=O)o3)cc12.Cc1cc2ncnc(N(C)c3ccc(C)c(Cl)c3)c2cc1C.Cc1cc2ncnc(N(C)c3cccc(Cl)c3C)c2cc1C. The Morgan fingerprint density at radius 1 is 0.385 bits per heavy atom. The number of furan rings is 2. The lowest BCUT2D eigenvalue weighted by Gasteiger charge is -2.24. The fourth-order valence-electron chi connectivity index (χ4n) is 14.7. The summed E-state index contributed by atoms with van der Waals surface area (Å²) in [4.78, 5) is 29.7. The molecule has 0 spiro atoms. The van der Waals surface area contributed by atoms with E-state index in [2.05, 4.69) is 109 Å². The summed E-state index contributed by atoms with van der Waals surface area (Å²) < 4.78 is 97.2. The van der Waals surface area contributed by atoms with Crippen molar-refractivity contribution in [1.29, 1.82) is 0 Å². The Labute approximate surface area is 776 Å². The second-order valence-electron chi connectivity index (χ2n) is 32.5. The Bertz CT molecular complexity index is 6880. The van der Waals surface area contributed by atoms with Gasteiger partial charge in [0, 0.05) is 119 Å². The molecule has 0 radical (unpaired) electrons. The van der Waals surface area contributed by atoms with Crippen molar-refractivity contribution in [2.45, 2.75) is 81.7 Å². The zero-order valence-corrected chi connectivity index (χ0v) is 79.7. The van der Waals surface area contributed by atoms with E-state index in [1.54, 1.807) is 55.4 Å². The summed E-state index contributed by atoms with van der Waals surface area (Å²) in [6.07, 6.45) is 9.11. The van der Waals surface area contributed by atoms with Crippen molar-refractivity contribution in [2.24, 2.45) is 0 Å². The lowest BCUT2D eigenvalue weighted by molar-refractivity contribution is 0.305. The lowest BCUT2D eigenvalue weighted by Crippen LogP contribution is -2.24. The molecule has 0 aliphatic carbocycles. The largest absolute Gasteiger partial charge is 0.487 e. The number of ether oxygens (including phenoxy) is 2. The lowest BCUT2D eigenvalue weighted by atomic mass is 10.1. The van der Waals surface area contributed by atoms with Crippen LogP contribution in [0.4, 0.5) is 54.5 Å². The molecule has 0 saturated heterocycles. The summed E-state index contributed by atoms with van der Waals surface area (Å²) >= 11 is 25.9. The first-order valence-electron chi connectivity index (χ1n) is 41.6. The van der Waals surface area contributed by atoms with Gasteiger partial charge in [0.2, 0.25) is 0 Å². The summed E-state index contributed by atoms with van der Waals surface area (Å²) in [5, 5.41) is 23.3. The average Bonchev–Trinajstić information content (AvgIpc) is 1.16. The summed E-state index contributed by atoms with van der Waals surface area (Å²) in [5.74, 6) is 5.20. The van der Waals surface area contributed by atoms with E-state index >= 15 is 0 Å². The molecule has 6 aromatic heterocycles. The number of nitrogens with zero attached hydrogens (tertiary/aromatic N) is 14. The number of hydrogen-bond donors (Lipinski definition) is 0. The van der Waals surface area contributed by atoms with E-state index in [1.807, 2.05) is 198 Å². The molecule has 0 saturated carbocycles. The molecule has 10 aromatic carbocycles. The molecule has 16 aromatic rings. The number of anilines is 8. The van der Waals surface area contributed by atoms with Gasteiger partial charge in [0.05, 0.1) is 80.5 Å². The fourth-order valence-corrected chi connectivity index (χ4v) is 16.8. The number of aryl methyl sites for hydroxylation is 6. The van der Waals surface area contributed by atoms with Gasteiger partial charge in [-0.05, 0) is 283 Å². The maximum atomic E-state index is 13.6. The number of rotatable bonds is 26. The van der Waals surface area contributed by atoms with Crippen molar-refractivity contribution < 1.29 is 43.9 Å². The second kappa shape index (κ2) is 41.7. The number of benzene rings is 10. The third-order valence-electron chi connectivity index (χ3n) is 22.5. The molecule has 30 heteroatoms. The molecule has 6 heterocycles. The molecular formula is C100H100Cl4F2N14O8S2. The van der Waals surface area contributed by atoms with Crippen LogP contribution in [0.3, 0.4) is 0 Å². The van der Waals surface area contributed by atoms with E-state index in [9.17, 15) is 25.6 Å². The Kier molecular flexibility index (Phi) is 30.6. The van der Waals surface area contributed by atoms with Crippen molar-refractivity contribution in [3.8, 4) is 34.1 Å². The fraction of sp³-hybridized carbons (Fsp3) is 0.240. The highest BCUT2D eigenvalue weighted by molar-refractivity contribution is 7.90. The van der Waals surface area contributed by atoms with Gasteiger partial charge in [-0.2, -0.15) is 20.4 Å². The number of halogens is 6. The third-order valence-corrected chi connectivity index (χ3v) is 25.9. The van der Waals surface area contributed by atoms with E-state index in [0.29, 0.717) is 70.4 Å². The minimum Gasteiger partial charge on any atom is -0.487 e. The second-order valence-corrected chi connectivity index (χ2v) is 38.6. The van der Waals surface area contributed by atoms with Crippen molar-refractivity contribution in [2.75, 3.05) is 99.0 Å². The maximum Gasteiger partial charge on any atom is 0.148 e. The first-order valence-corrected chi connectivity index (χ1v) is 47.2. The van der Waals surface area contributed by atoms with Crippen LogP contribution in [0.5, 0.6) is 11.5 Å². The molecule has 0 amide bonds. The minimum atomic E-state index is -3.04. The van der Waals surface area contributed by atoms with Gasteiger partial charge < -0.3 is 37.9 Å². The van der Waals surface area contributed by atoms with Crippen LogP contribution < -0.4 is 29.1 Å². The Morgan fingerprint density at radius 3 is 1.36 bits per heavy atom. The van der Waals surface area contributed by atoms with E-state index in [4.69, 9.17) is 64.7 Å². The topological polar surface area (TPSA) is 236 Å². The van der Waals surface area contributed by atoms with Gasteiger partial charge in [-0.15, -0.1) is 0 Å². The highest BCUT2D eigenvalue weighted by Gasteiger charge is 2.23. The minimum absolute atomic E-state index is 0.0917. The highest BCUT2D eigenvalue weighted by Crippen LogP contribution is 2.43. The molecule has 672 valence electrons. The van der Waals surface area contributed by atoms with Crippen molar-refractivity contribution in [3.05, 3.63) is 318 Å². The van der Waals surface area contributed by atoms with Crippen molar-refractivity contribution in [1.82, 2.24) is 50.1 Å². The molecule has 0 aliphatic heterocycles. The maximum absolute atomic E-state index is 13.6. The molecule has 0 fully saturated rings. The number of aromatic nitrogens is 8. The van der Waals surface area contributed by atoms with Gasteiger partial charge in [0.15, 0.2) is 0 Å². The van der Waals surface area contributed by atoms with Gasteiger partial charge in [0.25, 0.3) is 0 Å². The van der Waals surface area contributed by atoms with Crippen LogP contribution in [0.1, 0.15) is 67.2 Å². The van der Waals surface area contributed by atoms with Gasteiger partial charge in [0.1, 0.15) is 103 Å². The highest BCUT2D eigenvalue weighted by atomic mass is 35.5. The molecular weight excluding hydrogens is 1770 g/mol. The first-order chi connectivity index (χ1) is 61.9. The monoisotopic (exact) mass is 1870 g/mol. The molecule has 16 rings (SSSR count). The summed E-state index contributed by atoms with van der Waals surface area (Å²) in [6, 6.07) is 59.7. The van der Waals surface area contributed by atoms with Crippen LogP contribution in [0.2, 0.25) is 20.1 Å². The predicted octanol–water partition coefficient (Wildman–Crippen LogP) is 23.6. The Balaban J connectivity index is 0.000000155. The summed E-state index contributed by atoms with van der Waals surface area (Å²) in [5.41, 5.74) is 20.7. The zero-order valence-electron chi connectivity index (χ0n) is 75.1. The van der Waals surface area contributed by atoms with Crippen molar-refractivity contribution in [3.63, 3.8) is 0 Å². The molecule has 22 nitrogen and oxygen atoms in total. The number of sulfone groups is 2. The zero-order chi connectivity index (χ0) is 93.2. The van der Waals surface area contributed by atoms with Gasteiger partial charge in [-0.25, -0.2) is 45.6 Å². The standard InChI is InChI=1S/2C32H32ClFN4O4S.2C18H18ClN3/c1-21-28(11-13-31(32(21)33)41-20-22-6-5-7-24(34)16-22)38(3)29-18-35-36-27-10-8-23(17-26(27)29)30-12-9-25(42-30)19-37(2)14-15-43(4,39)40;1-21-14-32(41-20-22-6-5-7-24(34)15-22)27(33)17-29(21)38(3)30-18-35-36-28-10-8-23(16-26(28)30)31-11-9-25(42-31)19-37(2)12-13-43(4,39)40;1-11-5-6-14(9-16(11)19)22(4)18-15-7-12(2)13(3)8-17(15)20-10-21-18;1-11-8-14-16(9-12(11)2)20-10-21-18(14)22(4)17-7-5-6-15(19)13(17)3/h5-13,16-18H,14-15,19-20H2,1-4H3;5-11,14-18H,12-13,19-20H2,1-4H3;2*5-10H,1-4H3. The van der Waals surface area contributed by atoms with E-state index < -0.39 is 19.7 Å². The van der Waals surface area contributed by atoms with Crippen LogP contribution in [0.15, 0.2) is 228 Å². The van der Waals surface area contributed by atoms with E-state index in [-0.39, 0.29) is 36.4 Å². The molecule has 0 aliphatic rings. The molecule has 0 bridgehead atoms. The average molecular weight is 1870 g/mol. The normalized spacial score (nSPS) is 11.5. The van der Waals surface area contributed by atoms with Crippen LogP contribution in [0.25, 0.3) is 66.3 Å². The quantitative estimate of drug-likeness (QED) is 0.0490. The molecule has 130 heavy (non-hydrogen) atoms. The smallest absolute Gasteiger partial charge is 0.148 e. The van der Waals surface area contributed by atoms with Gasteiger partial charge in [-0.1, -0.05) is 82.8 Å². The van der Waals surface area contributed by atoms with Crippen LogP contribution in [-0.2, 0) is 46.0 Å². The van der Waals surface area contributed by atoms with E-state index in [1.165, 1.54) is 59.0 Å². The molecule has 0 atom stereocenters. The van der Waals surface area contributed by atoms with Crippen molar-refractivity contribution >= 4 is 155 Å². The van der Waals surface area contributed by atoms with Gasteiger partial charge >= 0.3 is 0 Å². The molecule has 0 unspecified atom stereocenters. The summed E-state index contributed by atoms with van der Waals surface area (Å²) in [7, 11) is 5.54.